The summed E-state index contributed by atoms with van der Waals surface area (Å²) >= 11 is 0. The smallest absolute Gasteiger partial charge is 0.255 e. The van der Waals surface area contributed by atoms with Crippen LogP contribution in [0.15, 0.2) is 48.7 Å². The Labute approximate surface area is 125 Å². The van der Waals surface area contributed by atoms with Crippen molar-refractivity contribution in [1.82, 2.24) is 4.98 Å². The summed E-state index contributed by atoms with van der Waals surface area (Å²) in [5.41, 5.74) is 3.38. The van der Waals surface area contributed by atoms with Gasteiger partial charge in [-0.25, -0.2) is 0 Å². The van der Waals surface area contributed by atoms with Gasteiger partial charge >= 0.3 is 0 Å². The van der Waals surface area contributed by atoms with E-state index < -0.39 is 0 Å². The molecule has 3 heteroatoms. The zero-order valence-electron chi connectivity index (χ0n) is 12.6. The van der Waals surface area contributed by atoms with Crippen molar-refractivity contribution in [3.63, 3.8) is 0 Å². The third-order valence-electron chi connectivity index (χ3n) is 3.00. The molecular weight excluding hydrogens is 260 g/mol. The third-order valence-corrected chi connectivity index (χ3v) is 3.00. The number of hydrogen-bond donors (Lipinski definition) is 1. The van der Waals surface area contributed by atoms with E-state index in [1.165, 1.54) is 0 Å². The number of pyridine rings is 1. The lowest BCUT2D eigenvalue weighted by Crippen LogP contribution is -2.11. The van der Waals surface area contributed by atoms with E-state index in [4.69, 9.17) is 0 Å². The monoisotopic (exact) mass is 280 g/mol. The van der Waals surface area contributed by atoms with Gasteiger partial charge in [-0.15, -0.1) is 0 Å². The van der Waals surface area contributed by atoms with Crippen LogP contribution in [-0.2, 0) is 0 Å². The zero-order valence-corrected chi connectivity index (χ0v) is 12.6. The highest BCUT2D eigenvalue weighted by Gasteiger charge is 2.05. The van der Waals surface area contributed by atoms with Crippen molar-refractivity contribution in [3.8, 4) is 0 Å². The van der Waals surface area contributed by atoms with E-state index >= 15 is 0 Å². The molecule has 2 aromatic rings. The molecule has 1 N–H and O–H groups in total. The summed E-state index contributed by atoms with van der Waals surface area (Å²) in [5, 5.41) is 2.87. The number of nitrogens with one attached hydrogen (secondary N) is 1. The van der Waals surface area contributed by atoms with Crippen LogP contribution >= 0.6 is 0 Å². The second-order valence-corrected chi connectivity index (χ2v) is 5.37. The summed E-state index contributed by atoms with van der Waals surface area (Å²) in [6, 6.07) is 11.2. The van der Waals surface area contributed by atoms with E-state index in [2.05, 4.69) is 36.3 Å². The van der Waals surface area contributed by atoms with Crippen molar-refractivity contribution in [3.05, 3.63) is 65.5 Å². The number of rotatable bonds is 4. The summed E-state index contributed by atoms with van der Waals surface area (Å²) in [6.45, 7) is 6.16. The summed E-state index contributed by atoms with van der Waals surface area (Å²) in [4.78, 5) is 16.3. The van der Waals surface area contributed by atoms with Crippen molar-refractivity contribution in [2.24, 2.45) is 5.92 Å². The maximum absolute atomic E-state index is 12.2. The van der Waals surface area contributed by atoms with E-state index in [0.29, 0.717) is 11.5 Å². The van der Waals surface area contributed by atoms with Crippen LogP contribution < -0.4 is 5.32 Å². The van der Waals surface area contributed by atoms with Gasteiger partial charge in [-0.05, 0) is 42.7 Å². The first-order valence-electron chi connectivity index (χ1n) is 7.07. The Hall–Kier alpha value is -2.42. The van der Waals surface area contributed by atoms with Gasteiger partial charge in [-0.3, -0.25) is 9.78 Å². The van der Waals surface area contributed by atoms with Crippen molar-refractivity contribution in [2.45, 2.75) is 20.8 Å². The van der Waals surface area contributed by atoms with Crippen LogP contribution in [0.2, 0.25) is 0 Å². The summed E-state index contributed by atoms with van der Waals surface area (Å²) in [5.74, 6) is 0.405. The minimum atomic E-state index is -0.111. The van der Waals surface area contributed by atoms with Crippen LogP contribution in [0, 0.1) is 12.8 Å². The summed E-state index contributed by atoms with van der Waals surface area (Å²) in [7, 11) is 0. The molecule has 1 heterocycles. The molecule has 0 aliphatic rings. The van der Waals surface area contributed by atoms with Crippen LogP contribution in [0.5, 0.6) is 0 Å². The average Bonchev–Trinajstić information content (AvgIpc) is 2.45. The number of aromatic nitrogens is 1. The second kappa shape index (κ2) is 6.84. The Bertz CT molecular complexity index is 643. The van der Waals surface area contributed by atoms with Crippen molar-refractivity contribution in [2.75, 3.05) is 5.32 Å². The molecular formula is C18H20N2O. The molecule has 21 heavy (non-hydrogen) atoms. The summed E-state index contributed by atoms with van der Waals surface area (Å²) in [6.07, 6.45) is 5.89. The molecule has 1 aromatic heterocycles. The SMILES string of the molecule is Cc1cc(NC(=O)c2ccc(/C=C/C(C)C)cc2)ccn1. The van der Waals surface area contributed by atoms with Crippen LogP contribution in [-0.4, -0.2) is 10.9 Å². The molecule has 0 bridgehead atoms. The first-order chi connectivity index (χ1) is 10.0. The highest BCUT2D eigenvalue weighted by atomic mass is 16.1. The van der Waals surface area contributed by atoms with E-state index in [1.54, 1.807) is 12.3 Å². The maximum atomic E-state index is 12.2. The molecule has 0 spiro atoms. The molecule has 0 aliphatic carbocycles. The van der Waals surface area contributed by atoms with Crippen molar-refractivity contribution >= 4 is 17.7 Å². The Kier molecular flexibility index (Phi) is 4.88. The number of allylic oxidation sites excluding steroid dienone is 1. The predicted molar refractivity (Wildman–Crippen MR) is 87.2 cm³/mol. The van der Waals surface area contributed by atoms with Gasteiger partial charge in [-0.2, -0.15) is 0 Å². The molecule has 1 aromatic carbocycles. The standard InChI is InChI=1S/C18H20N2O/c1-13(2)4-5-15-6-8-16(9-7-15)18(21)20-17-10-11-19-14(3)12-17/h4-13H,1-3H3,(H,19,20,21)/b5-4+. The van der Waals surface area contributed by atoms with E-state index in [1.807, 2.05) is 37.3 Å². The molecule has 2 rings (SSSR count). The fraction of sp³-hybridized carbons (Fsp3) is 0.222. The lowest BCUT2D eigenvalue weighted by molar-refractivity contribution is 0.102. The van der Waals surface area contributed by atoms with Crippen LogP contribution in [0.25, 0.3) is 6.08 Å². The molecule has 0 atom stereocenters. The highest BCUT2D eigenvalue weighted by Crippen LogP contribution is 2.12. The van der Waals surface area contributed by atoms with E-state index in [9.17, 15) is 4.79 Å². The Morgan fingerprint density at radius 3 is 2.52 bits per heavy atom. The van der Waals surface area contributed by atoms with Gasteiger partial charge < -0.3 is 5.32 Å². The molecule has 0 saturated carbocycles. The Morgan fingerprint density at radius 1 is 1.19 bits per heavy atom. The van der Waals surface area contributed by atoms with Gasteiger partial charge in [0, 0.05) is 23.1 Å². The van der Waals surface area contributed by atoms with Crippen LogP contribution in [0.1, 0.15) is 35.5 Å². The first kappa shape index (κ1) is 15.0. The van der Waals surface area contributed by atoms with E-state index in [-0.39, 0.29) is 5.91 Å². The molecule has 0 fully saturated rings. The third kappa shape index (κ3) is 4.56. The molecule has 0 unspecified atom stereocenters. The largest absolute Gasteiger partial charge is 0.322 e. The van der Waals surface area contributed by atoms with Gasteiger partial charge in [0.1, 0.15) is 0 Å². The predicted octanol–water partition coefficient (Wildman–Crippen LogP) is 4.31. The lowest BCUT2D eigenvalue weighted by Gasteiger charge is -2.06. The van der Waals surface area contributed by atoms with Crippen LogP contribution in [0.4, 0.5) is 5.69 Å². The normalized spacial score (nSPS) is 11.0. The minimum absolute atomic E-state index is 0.111. The van der Waals surface area contributed by atoms with Gasteiger partial charge in [-0.1, -0.05) is 38.1 Å². The average molecular weight is 280 g/mol. The fourth-order valence-electron chi connectivity index (χ4n) is 1.88. The zero-order chi connectivity index (χ0) is 15.2. The highest BCUT2D eigenvalue weighted by molar-refractivity contribution is 6.04. The topological polar surface area (TPSA) is 42.0 Å². The maximum Gasteiger partial charge on any atom is 0.255 e. The molecule has 3 nitrogen and oxygen atoms in total. The second-order valence-electron chi connectivity index (χ2n) is 5.37. The Balaban J connectivity index is 2.06. The quantitative estimate of drug-likeness (QED) is 0.906. The summed E-state index contributed by atoms with van der Waals surface area (Å²) < 4.78 is 0. The number of hydrogen-bond acceptors (Lipinski definition) is 2. The number of benzene rings is 1. The number of aryl methyl sites for hydroxylation is 1. The number of nitrogens with zero attached hydrogens (tertiary/aromatic N) is 1. The van der Waals surface area contributed by atoms with Crippen molar-refractivity contribution < 1.29 is 4.79 Å². The molecule has 108 valence electrons. The van der Waals surface area contributed by atoms with Gasteiger partial charge in [0.05, 0.1) is 0 Å². The minimum Gasteiger partial charge on any atom is -0.322 e. The lowest BCUT2D eigenvalue weighted by atomic mass is 10.1. The molecule has 0 radical (unpaired) electrons. The van der Waals surface area contributed by atoms with Gasteiger partial charge in [0.15, 0.2) is 0 Å². The van der Waals surface area contributed by atoms with Gasteiger partial charge in [0.25, 0.3) is 5.91 Å². The number of amides is 1. The molecule has 0 saturated heterocycles. The van der Waals surface area contributed by atoms with Crippen molar-refractivity contribution in [1.29, 1.82) is 0 Å². The first-order valence-corrected chi connectivity index (χ1v) is 7.07. The molecule has 0 aliphatic heterocycles. The molecule has 1 amide bonds. The Morgan fingerprint density at radius 2 is 1.90 bits per heavy atom. The van der Waals surface area contributed by atoms with Crippen LogP contribution in [0.3, 0.4) is 0 Å². The van der Waals surface area contributed by atoms with Gasteiger partial charge in [0.2, 0.25) is 0 Å². The van der Waals surface area contributed by atoms with E-state index in [0.717, 1.165) is 16.9 Å². The number of carbonyl (C=O) groups excluding carboxylic acids is 1. The fourth-order valence-corrected chi connectivity index (χ4v) is 1.88. The number of anilines is 1. The number of carbonyl (C=O) groups is 1.